The van der Waals surface area contributed by atoms with Gasteiger partial charge in [0, 0.05) is 12.6 Å². The highest BCUT2D eigenvalue weighted by Gasteiger charge is 2.24. The Labute approximate surface area is 111 Å². The number of benzene rings is 1. The standard InChI is InChI=1S/C14H19F2NO2/c1-9(2)12-8-18-13(7-17-12)10-4-3-5-11(6-10)19-14(15)16/h3-6,9,12-14,17H,7-8H2,1-2H3. The van der Waals surface area contributed by atoms with E-state index in [0.717, 1.165) is 5.56 Å². The number of rotatable bonds is 4. The van der Waals surface area contributed by atoms with E-state index in [9.17, 15) is 8.78 Å². The van der Waals surface area contributed by atoms with Crippen molar-refractivity contribution in [3.8, 4) is 5.75 Å². The smallest absolute Gasteiger partial charge is 0.387 e. The van der Waals surface area contributed by atoms with Crippen molar-refractivity contribution in [3.63, 3.8) is 0 Å². The quantitative estimate of drug-likeness (QED) is 0.913. The first kappa shape index (κ1) is 14.2. The van der Waals surface area contributed by atoms with Gasteiger partial charge in [-0.25, -0.2) is 0 Å². The zero-order chi connectivity index (χ0) is 13.8. The van der Waals surface area contributed by atoms with Gasteiger partial charge in [-0.15, -0.1) is 0 Å². The third kappa shape index (κ3) is 3.88. The van der Waals surface area contributed by atoms with Crippen LogP contribution in [0.4, 0.5) is 8.78 Å². The molecule has 1 fully saturated rings. The summed E-state index contributed by atoms with van der Waals surface area (Å²) in [6.07, 6.45) is -0.115. The predicted octanol–water partition coefficient (Wildman–Crippen LogP) is 2.97. The number of nitrogens with one attached hydrogen (secondary N) is 1. The van der Waals surface area contributed by atoms with Crippen molar-refractivity contribution in [1.29, 1.82) is 0 Å². The SMILES string of the molecule is CC(C)C1COC(c2cccc(OC(F)F)c2)CN1. The van der Waals surface area contributed by atoms with Crippen LogP contribution in [-0.4, -0.2) is 25.8 Å². The van der Waals surface area contributed by atoms with Crippen molar-refractivity contribution in [2.45, 2.75) is 32.6 Å². The predicted molar refractivity (Wildman–Crippen MR) is 68.4 cm³/mol. The van der Waals surface area contributed by atoms with Gasteiger partial charge in [0.1, 0.15) is 5.75 Å². The van der Waals surface area contributed by atoms with E-state index in [1.165, 1.54) is 6.07 Å². The molecule has 1 saturated heterocycles. The second-order valence-electron chi connectivity index (χ2n) is 5.03. The van der Waals surface area contributed by atoms with Crippen LogP contribution in [-0.2, 0) is 4.74 Å². The Morgan fingerprint density at radius 3 is 2.74 bits per heavy atom. The molecule has 1 aromatic carbocycles. The fourth-order valence-corrected chi connectivity index (χ4v) is 2.13. The normalized spacial score (nSPS) is 23.9. The van der Waals surface area contributed by atoms with Gasteiger partial charge in [0.05, 0.1) is 12.7 Å². The summed E-state index contributed by atoms with van der Waals surface area (Å²) >= 11 is 0. The Balaban J connectivity index is 1.99. The highest BCUT2D eigenvalue weighted by Crippen LogP contribution is 2.25. The number of halogens is 2. The third-order valence-electron chi connectivity index (χ3n) is 3.30. The van der Waals surface area contributed by atoms with Crippen LogP contribution >= 0.6 is 0 Å². The van der Waals surface area contributed by atoms with E-state index >= 15 is 0 Å². The van der Waals surface area contributed by atoms with Crippen LogP contribution in [0.15, 0.2) is 24.3 Å². The Morgan fingerprint density at radius 1 is 1.37 bits per heavy atom. The van der Waals surface area contributed by atoms with Crippen molar-refractivity contribution < 1.29 is 18.3 Å². The molecule has 0 saturated carbocycles. The molecule has 2 atom stereocenters. The fraction of sp³-hybridized carbons (Fsp3) is 0.571. The van der Waals surface area contributed by atoms with Gasteiger partial charge in [-0.05, 0) is 23.6 Å². The summed E-state index contributed by atoms with van der Waals surface area (Å²) in [5.74, 6) is 0.677. The maximum atomic E-state index is 12.2. The van der Waals surface area contributed by atoms with Crippen molar-refractivity contribution in [2.24, 2.45) is 5.92 Å². The number of hydrogen-bond donors (Lipinski definition) is 1. The van der Waals surface area contributed by atoms with Crippen LogP contribution < -0.4 is 10.1 Å². The number of morpholine rings is 1. The summed E-state index contributed by atoms with van der Waals surface area (Å²) in [7, 11) is 0. The maximum Gasteiger partial charge on any atom is 0.387 e. The van der Waals surface area contributed by atoms with E-state index in [1.807, 2.05) is 6.07 Å². The molecule has 0 aliphatic carbocycles. The van der Waals surface area contributed by atoms with E-state index in [-0.39, 0.29) is 11.9 Å². The molecule has 1 aliphatic heterocycles. The third-order valence-corrected chi connectivity index (χ3v) is 3.30. The Hall–Kier alpha value is -1.20. The number of ether oxygens (including phenoxy) is 2. The van der Waals surface area contributed by atoms with Gasteiger partial charge in [0.25, 0.3) is 0 Å². The zero-order valence-electron chi connectivity index (χ0n) is 11.1. The lowest BCUT2D eigenvalue weighted by molar-refractivity contribution is -0.0503. The molecule has 5 heteroatoms. The second-order valence-corrected chi connectivity index (χ2v) is 5.03. The monoisotopic (exact) mass is 271 g/mol. The van der Waals surface area contributed by atoms with E-state index in [1.54, 1.807) is 12.1 Å². The van der Waals surface area contributed by atoms with Crippen molar-refractivity contribution in [2.75, 3.05) is 13.2 Å². The Morgan fingerprint density at radius 2 is 2.16 bits per heavy atom. The fourth-order valence-electron chi connectivity index (χ4n) is 2.13. The van der Waals surface area contributed by atoms with Crippen LogP contribution in [0.3, 0.4) is 0 Å². The molecular formula is C14H19F2NO2. The van der Waals surface area contributed by atoms with Crippen molar-refractivity contribution >= 4 is 0 Å². The zero-order valence-corrected chi connectivity index (χ0v) is 11.1. The molecule has 0 spiro atoms. The van der Waals surface area contributed by atoms with E-state index in [4.69, 9.17) is 4.74 Å². The molecule has 1 aliphatic rings. The first-order valence-corrected chi connectivity index (χ1v) is 6.46. The Bertz CT molecular complexity index is 404. The maximum absolute atomic E-state index is 12.2. The molecule has 3 nitrogen and oxygen atoms in total. The van der Waals surface area contributed by atoms with Crippen LogP contribution in [0.1, 0.15) is 25.5 Å². The molecule has 0 bridgehead atoms. The first-order valence-electron chi connectivity index (χ1n) is 6.46. The molecule has 0 aromatic heterocycles. The van der Waals surface area contributed by atoms with Gasteiger partial charge in [-0.2, -0.15) is 8.78 Å². The van der Waals surface area contributed by atoms with Crippen LogP contribution in [0.25, 0.3) is 0 Å². The largest absolute Gasteiger partial charge is 0.435 e. The molecule has 19 heavy (non-hydrogen) atoms. The minimum atomic E-state index is -2.80. The van der Waals surface area contributed by atoms with Crippen LogP contribution in [0.2, 0.25) is 0 Å². The van der Waals surface area contributed by atoms with Crippen LogP contribution in [0.5, 0.6) is 5.75 Å². The summed E-state index contributed by atoms with van der Waals surface area (Å²) in [5.41, 5.74) is 0.854. The molecule has 106 valence electrons. The lowest BCUT2D eigenvalue weighted by Crippen LogP contribution is -2.45. The summed E-state index contributed by atoms with van der Waals surface area (Å²) in [6.45, 7) is 2.78. The van der Waals surface area contributed by atoms with Gasteiger partial charge in [0.2, 0.25) is 0 Å². The molecule has 1 aromatic rings. The lowest BCUT2D eigenvalue weighted by atomic mass is 10.0. The average molecular weight is 271 g/mol. The first-order chi connectivity index (χ1) is 9.06. The second kappa shape index (κ2) is 6.30. The van der Waals surface area contributed by atoms with Gasteiger partial charge < -0.3 is 14.8 Å². The molecule has 0 amide bonds. The number of alkyl halides is 2. The van der Waals surface area contributed by atoms with Gasteiger partial charge in [-0.3, -0.25) is 0 Å². The lowest BCUT2D eigenvalue weighted by Gasteiger charge is -2.32. The van der Waals surface area contributed by atoms with E-state index in [0.29, 0.717) is 25.1 Å². The minimum absolute atomic E-state index is 0.115. The summed E-state index contributed by atoms with van der Waals surface area (Å²) < 4.78 is 34.5. The van der Waals surface area contributed by atoms with Crippen molar-refractivity contribution in [1.82, 2.24) is 5.32 Å². The summed E-state index contributed by atoms with van der Waals surface area (Å²) in [4.78, 5) is 0. The molecule has 2 rings (SSSR count). The highest BCUT2D eigenvalue weighted by atomic mass is 19.3. The summed E-state index contributed by atoms with van der Waals surface area (Å²) in [5, 5.41) is 3.41. The Kier molecular flexibility index (Phi) is 4.71. The molecular weight excluding hydrogens is 252 g/mol. The molecule has 1 heterocycles. The molecule has 0 radical (unpaired) electrons. The van der Waals surface area contributed by atoms with Crippen LogP contribution in [0, 0.1) is 5.92 Å². The van der Waals surface area contributed by atoms with Crippen molar-refractivity contribution in [3.05, 3.63) is 29.8 Å². The molecule has 2 unspecified atom stereocenters. The summed E-state index contributed by atoms with van der Waals surface area (Å²) in [6, 6.07) is 7.03. The highest BCUT2D eigenvalue weighted by molar-refractivity contribution is 5.30. The van der Waals surface area contributed by atoms with Gasteiger partial charge in [0.15, 0.2) is 0 Å². The van der Waals surface area contributed by atoms with E-state index in [2.05, 4.69) is 23.9 Å². The van der Waals surface area contributed by atoms with Gasteiger partial charge >= 0.3 is 6.61 Å². The molecule has 1 N–H and O–H groups in total. The number of hydrogen-bond acceptors (Lipinski definition) is 3. The average Bonchev–Trinajstić information content (AvgIpc) is 2.38. The van der Waals surface area contributed by atoms with E-state index < -0.39 is 6.61 Å². The minimum Gasteiger partial charge on any atom is -0.435 e. The van der Waals surface area contributed by atoms with Gasteiger partial charge in [-0.1, -0.05) is 26.0 Å². The topological polar surface area (TPSA) is 30.5 Å².